The van der Waals surface area contributed by atoms with Gasteiger partial charge in [-0.1, -0.05) is 50.1 Å². The molecule has 0 heterocycles. The zero-order chi connectivity index (χ0) is 23.3. The highest BCUT2D eigenvalue weighted by atomic mass is 16.6. The number of hydrogen-bond acceptors (Lipinski definition) is 6. The molecule has 0 aliphatic rings. The van der Waals surface area contributed by atoms with Crippen LogP contribution >= 0.6 is 0 Å². The first-order chi connectivity index (χ1) is 16.2. The molecular formula is C27H28O6. The van der Waals surface area contributed by atoms with Crippen LogP contribution < -0.4 is 14.2 Å². The fourth-order valence-corrected chi connectivity index (χ4v) is 3.00. The average Bonchev–Trinajstić information content (AvgIpc) is 2.86. The van der Waals surface area contributed by atoms with Gasteiger partial charge < -0.3 is 18.9 Å². The zero-order valence-corrected chi connectivity index (χ0v) is 18.7. The molecule has 0 radical (unpaired) electrons. The van der Waals surface area contributed by atoms with Gasteiger partial charge in [-0.15, -0.1) is 0 Å². The fraction of sp³-hybridized carbons (Fsp3) is 0.259. The molecule has 6 nitrogen and oxygen atoms in total. The molecule has 0 N–H and O–H groups in total. The molecular weight excluding hydrogens is 420 g/mol. The van der Waals surface area contributed by atoms with Crippen LogP contribution in [0.3, 0.4) is 0 Å². The van der Waals surface area contributed by atoms with Crippen molar-refractivity contribution in [1.82, 2.24) is 0 Å². The number of hydrogen-bond donors (Lipinski definition) is 0. The number of rotatable bonds is 12. The predicted octanol–water partition coefficient (Wildman–Crippen LogP) is 5.71. The van der Waals surface area contributed by atoms with Crippen LogP contribution in [0.4, 0.5) is 0 Å². The highest BCUT2D eigenvalue weighted by molar-refractivity contribution is 5.96. The predicted molar refractivity (Wildman–Crippen MR) is 125 cm³/mol. The molecule has 172 valence electrons. The lowest BCUT2D eigenvalue weighted by atomic mass is 10.2. The van der Waals surface area contributed by atoms with Crippen LogP contribution in [0.5, 0.6) is 17.2 Å². The Morgan fingerprint density at radius 2 is 1.33 bits per heavy atom. The third-order valence-electron chi connectivity index (χ3n) is 4.74. The van der Waals surface area contributed by atoms with Crippen molar-refractivity contribution in [3.63, 3.8) is 0 Å². The Morgan fingerprint density at radius 3 is 2.09 bits per heavy atom. The minimum absolute atomic E-state index is 0.0652. The number of esters is 2. The van der Waals surface area contributed by atoms with Crippen molar-refractivity contribution in [1.29, 1.82) is 0 Å². The second-order valence-electron chi connectivity index (χ2n) is 7.26. The lowest BCUT2D eigenvalue weighted by Crippen LogP contribution is -2.15. The molecule has 0 fully saturated rings. The van der Waals surface area contributed by atoms with Crippen LogP contribution in [0.15, 0.2) is 78.9 Å². The molecule has 0 aliphatic carbocycles. The molecule has 3 rings (SSSR count). The standard InChI is InChI=1S/C27H28O6/c1-2-3-9-18-30-23-16-14-21(15-17-23)26(28)33-25-13-8-7-12-24(25)27(29)32-20-19-31-22-10-5-4-6-11-22/h4-8,10-17H,2-3,9,18-20H2,1H3. The van der Waals surface area contributed by atoms with E-state index in [1.165, 1.54) is 0 Å². The summed E-state index contributed by atoms with van der Waals surface area (Å²) < 4.78 is 21.9. The van der Waals surface area contributed by atoms with Gasteiger partial charge in [0.1, 0.15) is 36.0 Å². The van der Waals surface area contributed by atoms with Crippen LogP contribution in [0.25, 0.3) is 0 Å². The molecule has 6 heteroatoms. The minimum atomic E-state index is -0.592. The van der Waals surface area contributed by atoms with Gasteiger partial charge in [0.2, 0.25) is 0 Å². The van der Waals surface area contributed by atoms with Gasteiger partial charge in [0.05, 0.1) is 12.2 Å². The van der Waals surface area contributed by atoms with E-state index < -0.39 is 11.9 Å². The summed E-state index contributed by atoms with van der Waals surface area (Å²) in [7, 11) is 0. The molecule has 0 aliphatic heterocycles. The fourth-order valence-electron chi connectivity index (χ4n) is 3.00. The maximum Gasteiger partial charge on any atom is 0.343 e. The maximum absolute atomic E-state index is 12.6. The van der Waals surface area contributed by atoms with E-state index in [1.54, 1.807) is 48.5 Å². The van der Waals surface area contributed by atoms with E-state index in [9.17, 15) is 9.59 Å². The van der Waals surface area contributed by atoms with Crippen molar-refractivity contribution in [2.24, 2.45) is 0 Å². The van der Waals surface area contributed by atoms with Gasteiger partial charge in [0, 0.05) is 0 Å². The van der Waals surface area contributed by atoms with Gasteiger partial charge >= 0.3 is 11.9 Å². The summed E-state index contributed by atoms with van der Waals surface area (Å²) in [6.45, 7) is 3.06. The van der Waals surface area contributed by atoms with Crippen LogP contribution in [0, 0.1) is 0 Å². The highest BCUT2D eigenvalue weighted by Crippen LogP contribution is 2.21. The Labute approximate surface area is 194 Å². The minimum Gasteiger partial charge on any atom is -0.494 e. The van der Waals surface area contributed by atoms with E-state index in [2.05, 4.69) is 6.92 Å². The first kappa shape index (κ1) is 23.9. The number of para-hydroxylation sites is 2. The van der Waals surface area contributed by atoms with E-state index >= 15 is 0 Å². The maximum atomic E-state index is 12.6. The van der Waals surface area contributed by atoms with Crippen LogP contribution in [0.1, 0.15) is 46.9 Å². The summed E-state index contributed by atoms with van der Waals surface area (Å²) in [5, 5.41) is 0. The molecule has 0 spiro atoms. The third kappa shape index (κ3) is 7.68. The van der Waals surface area contributed by atoms with E-state index in [1.807, 2.05) is 30.3 Å². The number of carbonyl (C=O) groups is 2. The summed E-state index contributed by atoms with van der Waals surface area (Å²) in [4.78, 5) is 25.1. The largest absolute Gasteiger partial charge is 0.494 e. The third-order valence-corrected chi connectivity index (χ3v) is 4.74. The number of unbranched alkanes of at least 4 members (excludes halogenated alkanes) is 2. The van der Waals surface area contributed by atoms with E-state index in [4.69, 9.17) is 18.9 Å². The molecule has 0 aromatic heterocycles. The summed E-state index contributed by atoms with van der Waals surface area (Å²) in [5.41, 5.74) is 0.525. The Bertz CT molecular complexity index is 1010. The first-order valence-electron chi connectivity index (χ1n) is 11.1. The summed E-state index contributed by atoms with van der Waals surface area (Å²) >= 11 is 0. The van der Waals surface area contributed by atoms with E-state index in [-0.39, 0.29) is 24.5 Å². The van der Waals surface area contributed by atoms with Gasteiger partial charge in [0.25, 0.3) is 0 Å². The Morgan fingerprint density at radius 1 is 0.667 bits per heavy atom. The summed E-state index contributed by atoms with van der Waals surface area (Å²) in [6, 6.07) is 22.5. The normalized spacial score (nSPS) is 10.3. The van der Waals surface area contributed by atoms with Crippen molar-refractivity contribution in [2.45, 2.75) is 26.2 Å². The Hall–Kier alpha value is -3.80. The second-order valence-corrected chi connectivity index (χ2v) is 7.26. The van der Waals surface area contributed by atoms with Crippen molar-refractivity contribution >= 4 is 11.9 Å². The van der Waals surface area contributed by atoms with Crippen molar-refractivity contribution in [3.05, 3.63) is 90.0 Å². The van der Waals surface area contributed by atoms with E-state index in [0.717, 1.165) is 19.3 Å². The van der Waals surface area contributed by atoms with E-state index in [0.29, 0.717) is 23.7 Å². The van der Waals surface area contributed by atoms with Crippen LogP contribution in [-0.2, 0) is 4.74 Å². The molecule has 0 bridgehead atoms. The van der Waals surface area contributed by atoms with Gasteiger partial charge in [-0.25, -0.2) is 9.59 Å². The van der Waals surface area contributed by atoms with Gasteiger partial charge in [0.15, 0.2) is 0 Å². The quantitative estimate of drug-likeness (QED) is 0.201. The van der Waals surface area contributed by atoms with Gasteiger partial charge in [-0.2, -0.15) is 0 Å². The lowest BCUT2D eigenvalue weighted by Gasteiger charge is -2.11. The van der Waals surface area contributed by atoms with Crippen molar-refractivity contribution in [2.75, 3.05) is 19.8 Å². The number of benzene rings is 3. The summed E-state index contributed by atoms with van der Waals surface area (Å²) in [5.74, 6) is 0.368. The first-order valence-corrected chi connectivity index (χ1v) is 11.1. The Balaban J connectivity index is 1.52. The van der Waals surface area contributed by atoms with Crippen molar-refractivity contribution in [3.8, 4) is 17.2 Å². The zero-order valence-electron chi connectivity index (χ0n) is 18.7. The number of ether oxygens (including phenoxy) is 4. The van der Waals surface area contributed by atoms with Crippen LogP contribution in [0.2, 0.25) is 0 Å². The van der Waals surface area contributed by atoms with Gasteiger partial charge in [-0.05, 0) is 55.0 Å². The molecule has 0 unspecified atom stereocenters. The number of carbonyl (C=O) groups excluding carboxylic acids is 2. The molecule has 3 aromatic carbocycles. The average molecular weight is 449 g/mol. The SMILES string of the molecule is CCCCCOc1ccc(C(=O)Oc2ccccc2C(=O)OCCOc2ccccc2)cc1. The molecule has 0 saturated carbocycles. The molecule has 0 atom stereocenters. The van der Waals surface area contributed by atoms with Crippen molar-refractivity contribution < 1.29 is 28.5 Å². The second kappa shape index (κ2) is 12.9. The lowest BCUT2D eigenvalue weighted by molar-refractivity contribution is 0.0445. The Kier molecular flexibility index (Phi) is 9.33. The van der Waals surface area contributed by atoms with Gasteiger partial charge in [-0.3, -0.25) is 0 Å². The summed E-state index contributed by atoms with van der Waals surface area (Å²) in [6.07, 6.45) is 3.24. The molecule has 0 amide bonds. The topological polar surface area (TPSA) is 71.1 Å². The smallest absolute Gasteiger partial charge is 0.343 e. The monoisotopic (exact) mass is 448 g/mol. The molecule has 33 heavy (non-hydrogen) atoms. The molecule has 3 aromatic rings. The molecule has 0 saturated heterocycles. The van der Waals surface area contributed by atoms with Crippen LogP contribution in [-0.4, -0.2) is 31.8 Å². The highest BCUT2D eigenvalue weighted by Gasteiger charge is 2.17.